The molecule has 2 aromatic carbocycles. The van der Waals surface area contributed by atoms with Gasteiger partial charge in [-0.15, -0.1) is 11.3 Å². The molecule has 204 valence electrons. The molecule has 4 aromatic rings. The molecule has 2 amide bonds. The Morgan fingerprint density at radius 2 is 1.74 bits per heavy atom. The van der Waals surface area contributed by atoms with Crippen molar-refractivity contribution in [1.82, 2.24) is 19.2 Å². The van der Waals surface area contributed by atoms with E-state index >= 15 is 0 Å². The van der Waals surface area contributed by atoms with Crippen LogP contribution in [0.5, 0.6) is 0 Å². The van der Waals surface area contributed by atoms with Crippen LogP contribution < -0.4 is 26.6 Å². The minimum absolute atomic E-state index is 0.342. The van der Waals surface area contributed by atoms with Crippen molar-refractivity contribution < 1.29 is 9.00 Å². The van der Waals surface area contributed by atoms with Gasteiger partial charge in [0.1, 0.15) is 4.21 Å². The van der Waals surface area contributed by atoms with Crippen molar-refractivity contribution in [1.29, 1.82) is 0 Å². The van der Waals surface area contributed by atoms with Gasteiger partial charge in [0.2, 0.25) is 0 Å². The van der Waals surface area contributed by atoms with Crippen LogP contribution in [0.1, 0.15) is 19.3 Å². The average Bonchev–Trinajstić information content (AvgIpc) is 3.36. The number of thiophene rings is 1. The molecule has 1 aliphatic rings. The van der Waals surface area contributed by atoms with Crippen LogP contribution in [-0.2, 0) is 11.0 Å². The maximum absolute atomic E-state index is 13.2. The van der Waals surface area contributed by atoms with Crippen molar-refractivity contribution in [3.8, 4) is 5.69 Å². The number of nitrogens with one attached hydrogen (secondary N) is 4. The number of amides is 2. The van der Waals surface area contributed by atoms with E-state index in [-0.39, 0.29) is 0 Å². The number of hydrogen-bond acceptors (Lipinski definition) is 7. The van der Waals surface area contributed by atoms with Gasteiger partial charge in [-0.2, -0.15) is 0 Å². The van der Waals surface area contributed by atoms with Crippen LogP contribution in [0.15, 0.2) is 68.4 Å². The third kappa shape index (κ3) is 6.59. The molecular weight excluding hydrogens is 560 g/mol. The number of nitrogens with zero attached hydrogens (tertiary/aromatic N) is 2. The van der Waals surface area contributed by atoms with Crippen molar-refractivity contribution in [2.45, 2.75) is 23.5 Å². The number of aromatic nitrogens is 2. The molecule has 1 unspecified atom stereocenters. The molecule has 0 bridgehead atoms. The predicted octanol–water partition coefficient (Wildman–Crippen LogP) is 4.14. The molecule has 4 N–H and O–H groups in total. The zero-order chi connectivity index (χ0) is 27.4. The Morgan fingerprint density at radius 3 is 2.46 bits per heavy atom. The molecular formula is C26H27ClN6O4S2. The van der Waals surface area contributed by atoms with Gasteiger partial charge in [-0.05, 0) is 80.5 Å². The summed E-state index contributed by atoms with van der Waals surface area (Å²) in [5, 5.41) is 6.34. The third-order valence-corrected chi connectivity index (χ3v) is 9.01. The minimum Gasteiger partial charge on any atom is -0.384 e. The number of urea groups is 1. The first-order valence-corrected chi connectivity index (χ1v) is 14.8. The van der Waals surface area contributed by atoms with Crippen LogP contribution in [0.25, 0.3) is 16.6 Å². The Bertz CT molecular complexity index is 1630. The van der Waals surface area contributed by atoms with Gasteiger partial charge in [0, 0.05) is 24.5 Å². The lowest BCUT2D eigenvalue weighted by Gasteiger charge is -2.26. The Kier molecular flexibility index (Phi) is 8.46. The molecule has 0 spiro atoms. The zero-order valence-electron chi connectivity index (χ0n) is 20.9. The molecule has 5 rings (SSSR count). The van der Waals surface area contributed by atoms with E-state index in [9.17, 15) is 18.6 Å². The minimum atomic E-state index is -1.75. The summed E-state index contributed by atoms with van der Waals surface area (Å²) < 4.78 is 16.5. The smallest absolute Gasteiger partial charge is 0.333 e. The van der Waals surface area contributed by atoms with Gasteiger partial charge >= 0.3 is 11.7 Å². The number of rotatable bonds is 8. The van der Waals surface area contributed by atoms with Crippen molar-refractivity contribution in [2.24, 2.45) is 0 Å². The average molecular weight is 587 g/mol. The van der Waals surface area contributed by atoms with Crippen LogP contribution >= 0.6 is 22.9 Å². The number of halogens is 1. The molecule has 0 saturated carbocycles. The van der Waals surface area contributed by atoms with Gasteiger partial charge in [0.15, 0.2) is 11.0 Å². The second kappa shape index (κ2) is 12.2. The number of piperidine rings is 1. The van der Waals surface area contributed by atoms with Crippen LogP contribution in [0, 0.1) is 0 Å². The van der Waals surface area contributed by atoms with Crippen LogP contribution in [0.2, 0.25) is 4.34 Å². The highest BCUT2D eigenvalue weighted by Gasteiger charge is 2.14. The number of carbonyl (C=O) groups excluding carboxylic acids is 1. The lowest BCUT2D eigenvalue weighted by atomic mass is 10.1. The normalized spacial score (nSPS) is 14.7. The summed E-state index contributed by atoms with van der Waals surface area (Å²) in [5.41, 5.74) is 1.01. The van der Waals surface area contributed by atoms with E-state index in [4.69, 9.17) is 11.6 Å². The Balaban J connectivity index is 1.25. The number of benzene rings is 2. The van der Waals surface area contributed by atoms with Crippen LogP contribution in [0.3, 0.4) is 0 Å². The highest BCUT2D eigenvalue weighted by molar-refractivity contribution is 7.86. The maximum Gasteiger partial charge on any atom is 0.333 e. The van der Waals surface area contributed by atoms with Crippen LogP contribution in [-0.4, -0.2) is 50.9 Å². The number of anilines is 2. The van der Waals surface area contributed by atoms with Gasteiger partial charge in [0.05, 0.1) is 20.9 Å². The molecule has 1 aliphatic heterocycles. The fourth-order valence-electron chi connectivity index (χ4n) is 4.49. The summed E-state index contributed by atoms with van der Waals surface area (Å²) in [6, 6.07) is 14.0. The maximum atomic E-state index is 13.2. The predicted molar refractivity (Wildman–Crippen MR) is 157 cm³/mol. The quantitative estimate of drug-likeness (QED) is 0.246. The van der Waals surface area contributed by atoms with Gasteiger partial charge in [0.25, 0.3) is 5.56 Å². The molecule has 0 aliphatic carbocycles. The SMILES string of the molecule is O=C(Nc1ccc(-n2c(=O)[nH]c3cc(NCCN4CCCCC4)ccc3c2=O)cc1)NS(=O)c1ccc(Cl)s1. The molecule has 0 radical (unpaired) electrons. The summed E-state index contributed by atoms with van der Waals surface area (Å²) >= 11 is 6.95. The third-order valence-electron chi connectivity index (χ3n) is 6.40. The highest BCUT2D eigenvalue weighted by Crippen LogP contribution is 2.23. The number of carbonyl (C=O) groups is 1. The monoisotopic (exact) mass is 586 g/mol. The number of fused-ring (bicyclic) bond motifs is 1. The van der Waals surface area contributed by atoms with Crippen molar-refractivity contribution >= 4 is 62.2 Å². The fraction of sp³-hybridized carbons (Fsp3) is 0.269. The van der Waals surface area contributed by atoms with E-state index < -0.39 is 28.3 Å². The van der Waals surface area contributed by atoms with Crippen molar-refractivity contribution in [2.75, 3.05) is 36.8 Å². The van der Waals surface area contributed by atoms with Gasteiger partial charge < -0.3 is 20.5 Å². The topological polar surface area (TPSA) is 128 Å². The molecule has 10 nitrogen and oxygen atoms in total. The molecule has 1 atom stereocenters. The highest BCUT2D eigenvalue weighted by atomic mass is 35.5. The van der Waals surface area contributed by atoms with Gasteiger partial charge in [-0.3, -0.25) is 9.52 Å². The first-order chi connectivity index (χ1) is 18.9. The second-order valence-corrected chi connectivity index (χ2v) is 12.2. The first kappa shape index (κ1) is 27.1. The summed E-state index contributed by atoms with van der Waals surface area (Å²) in [7, 11) is -1.75. The van der Waals surface area contributed by atoms with Gasteiger partial charge in [-0.1, -0.05) is 18.0 Å². The summed E-state index contributed by atoms with van der Waals surface area (Å²) in [5.74, 6) is 0. The van der Waals surface area contributed by atoms with Crippen molar-refractivity contribution in [3.63, 3.8) is 0 Å². The molecule has 13 heteroatoms. The van der Waals surface area contributed by atoms with Crippen molar-refractivity contribution in [3.05, 3.63) is 79.8 Å². The Morgan fingerprint density at radius 1 is 1.00 bits per heavy atom. The zero-order valence-corrected chi connectivity index (χ0v) is 23.3. The number of H-pyrrole nitrogens is 1. The lowest BCUT2D eigenvalue weighted by molar-refractivity contribution is 0.237. The molecule has 39 heavy (non-hydrogen) atoms. The van der Waals surface area contributed by atoms with E-state index in [0.717, 1.165) is 47.8 Å². The molecule has 1 fully saturated rings. The van der Waals surface area contributed by atoms with E-state index in [1.54, 1.807) is 48.5 Å². The number of likely N-dealkylation sites (tertiary alicyclic amines) is 1. The molecule has 2 aromatic heterocycles. The first-order valence-electron chi connectivity index (χ1n) is 12.5. The summed E-state index contributed by atoms with van der Waals surface area (Å²) in [6.07, 6.45) is 3.78. The lowest BCUT2D eigenvalue weighted by Crippen LogP contribution is -2.34. The summed E-state index contributed by atoms with van der Waals surface area (Å²) in [6.45, 7) is 3.99. The van der Waals surface area contributed by atoms with Crippen LogP contribution in [0.4, 0.5) is 16.2 Å². The van der Waals surface area contributed by atoms with E-state index in [1.165, 1.54) is 19.3 Å². The van der Waals surface area contributed by atoms with Gasteiger partial charge in [-0.25, -0.2) is 18.4 Å². The van der Waals surface area contributed by atoms with E-state index in [0.29, 0.717) is 30.8 Å². The standard InChI is InChI=1S/C26H27ClN6O4S2/c27-22-10-11-23(38-22)39(37)31-25(35)29-17-4-7-19(8-5-17)33-24(34)20-9-6-18(16-21(20)30-26(33)36)28-12-15-32-13-2-1-3-14-32/h4-11,16,28H,1-3,12-15H2,(H,30,36)(H2,29,31,35). The largest absolute Gasteiger partial charge is 0.384 e. The Labute approximate surface area is 235 Å². The molecule has 3 heterocycles. The second-order valence-electron chi connectivity index (χ2n) is 9.09. The number of hydrogen-bond donors (Lipinski definition) is 4. The fourth-order valence-corrected chi connectivity index (χ4v) is 6.61. The summed E-state index contributed by atoms with van der Waals surface area (Å²) in [4.78, 5) is 43.5. The number of aromatic amines is 1. The van der Waals surface area contributed by atoms with E-state index in [2.05, 4.69) is 25.2 Å². The van der Waals surface area contributed by atoms with E-state index in [1.807, 2.05) is 6.07 Å². The Hall–Kier alpha value is -3.45. The molecule has 1 saturated heterocycles.